The predicted molar refractivity (Wildman–Crippen MR) is 79.7 cm³/mol. The Morgan fingerprint density at radius 1 is 1.55 bits per heavy atom. The zero-order chi connectivity index (χ0) is 14.1. The maximum absolute atomic E-state index is 12.3. The summed E-state index contributed by atoms with van der Waals surface area (Å²) in [6.45, 7) is 2.64. The molecule has 4 nitrogen and oxygen atoms in total. The van der Waals surface area contributed by atoms with Gasteiger partial charge in [0, 0.05) is 44.7 Å². The molecule has 3 atom stereocenters. The van der Waals surface area contributed by atoms with Crippen molar-refractivity contribution in [1.82, 2.24) is 9.80 Å². The van der Waals surface area contributed by atoms with E-state index in [0.29, 0.717) is 6.04 Å². The smallest absolute Gasteiger partial charge is 0.226 e. The molecule has 2 aliphatic rings. The van der Waals surface area contributed by atoms with Gasteiger partial charge in [-0.1, -0.05) is 6.07 Å². The number of hydrogen-bond donors (Lipinski definition) is 0. The highest BCUT2D eigenvalue weighted by molar-refractivity contribution is 7.09. The Kier molecular flexibility index (Phi) is 4.10. The minimum Gasteiger partial charge on any atom is -0.377 e. The predicted octanol–water partition coefficient (Wildman–Crippen LogP) is 1.82. The maximum atomic E-state index is 12.3. The number of amides is 1. The Bertz CT molecular complexity index is 460. The Labute approximate surface area is 124 Å². The first kappa shape index (κ1) is 14.0. The van der Waals surface area contributed by atoms with Crippen LogP contribution in [0.1, 0.15) is 17.7 Å². The third-order valence-electron chi connectivity index (χ3n) is 4.34. The van der Waals surface area contributed by atoms with Crippen LogP contribution in [0, 0.1) is 5.92 Å². The number of carbonyl (C=O) groups is 1. The molecule has 2 fully saturated rings. The summed E-state index contributed by atoms with van der Waals surface area (Å²) in [4.78, 5) is 17.8. The number of likely N-dealkylation sites (tertiary alicyclic amines) is 1. The lowest BCUT2D eigenvalue weighted by molar-refractivity contribution is -0.137. The second-order valence-corrected chi connectivity index (χ2v) is 6.97. The van der Waals surface area contributed by atoms with Gasteiger partial charge in [0.2, 0.25) is 5.91 Å². The lowest BCUT2D eigenvalue weighted by Gasteiger charge is -2.40. The molecule has 1 aromatic heterocycles. The lowest BCUT2D eigenvalue weighted by atomic mass is 9.89. The first-order valence-electron chi connectivity index (χ1n) is 7.24. The van der Waals surface area contributed by atoms with Crippen LogP contribution in [0.4, 0.5) is 0 Å². The van der Waals surface area contributed by atoms with Crippen LogP contribution < -0.4 is 0 Å². The van der Waals surface area contributed by atoms with E-state index in [4.69, 9.17) is 4.74 Å². The molecule has 0 N–H and O–H groups in total. The summed E-state index contributed by atoms with van der Waals surface area (Å²) in [5, 5.41) is 2.12. The van der Waals surface area contributed by atoms with E-state index in [1.165, 1.54) is 4.88 Å². The van der Waals surface area contributed by atoms with Crippen molar-refractivity contribution in [2.45, 2.75) is 31.5 Å². The Balaban J connectivity index is 1.74. The van der Waals surface area contributed by atoms with Crippen molar-refractivity contribution in [1.29, 1.82) is 0 Å². The molecule has 3 heterocycles. The molecule has 20 heavy (non-hydrogen) atoms. The van der Waals surface area contributed by atoms with E-state index in [2.05, 4.69) is 22.4 Å². The van der Waals surface area contributed by atoms with Crippen molar-refractivity contribution in [3.05, 3.63) is 22.4 Å². The zero-order valence-electron chi connectivity index (χ0n) is 12.1. The molecule has 0 radical (unpaired) electrons. The second kappa shape index (κ2) is 5.84. The molecule has 3 rings (SSSR count). The van der Waals surface area contributed by atoms with E-state index in [0.717, 1.165) is 32.5 Å². The molecule has 0 aromatic carbocycles. The van der Waals surface area contributed by atoms with E-state index in [-0.39, 0.29) is 17.9 Å². The number of rotatable bonds is 3. The first-order chi connectivity index (χ1) is 9.65. The molecular weight excluding hydrogens is 272 g/mol. The summed E-state index contributed by atoms with van der Waals surface area (Å²) in [5.41, 5.74) is 0. The number of fused-ring (bicyclic) bond motifs is 1. The molecule has 110 valence electrons. The molecular formula is C15H22N2O2S. The van der Waals surface area contributed by atoms with Crippen LogP contribution in [0.25, 0.3) is 0 Å². The van der Waals surface area contributed by atoms with Crippen LogP contribution in [0.15, 0.2) is 17.5 Å². The van der Waals surface area contributed by atoms with Gasteiger partial charge in [-0.15, -0.1) is 11.3 Å². The summed E-state index contributed by atoms with van der Waals surface area (Å²) in [6, 6.07) is 4.75. The summed E-state index contributed by atoms with van der Waals surface area (Å²) < 4.78 is 5.86. The Hall–Kier alpha value is -0.910. The molecule has 0 unspecified atom stereocenters. The topological polar surface area (TPSA) is 32.8 Å². The van der Waals surface area contributed by atoms with Crippen LogP contribution in [-0.2, 0) is 16.1 Å². The van der Waals surface area contributed by atoms with Gasteiger partial charge in [0.05, 0.1) is 12.0 Å². The largest absolute Gasteiger partial charge is 0.377 e. The van der Waals surface area contributed by atoms with Crippen LogP contribution in [0.5, 0.6) is 0 Å². The van der Waals surface area contributed by atoms with Crippen LogP contribution in [0.2, 0.25) is 0 Å². The summed E-state index contributed by atoms with van der Waals surface area (Å²) in [6.07, 6.45) is 2.21. The molecule has 1 amide bonds. The van der Waals surface area contributed by atoms with E-state index in [1.807, 2.05) is 14.1 Å². The van der Waals surface area contributed by atoms with Crippen LogP contribution in [0.3, 0.4) is 0 Å². The summed E-state index contributed by atoms with van der Waals surface area (Å²) in [5.74, 6) is 0.305. The van der Waals surface area contributed by atoms with Gasteiger partial charge in [0.15, 0.2) is 0 Å². The third kappa shape index (κ3) is 2.75. The van der Waals surface area contributed by atoms with Gasteiger partial charge in [-0.2, -0.15) is 0 Å². The van der Waals surface area contributed by atoms with E-state index in [9.17, 15) is 4.79 Å². The first-order valence-corrected chi connectivity index (χ1v) is 8.12. The number of piperidine rings is 1. The quantitative estimate of drug-likeness (QED) is 0.852. The fourth-order valence-corrected chi connectivity index (χ4v) is 4.11. The number of hydrogen-bond acceptors (Lipinski definition) is 4. The zero-order valence-corrected chi connectivity index (χ0v) is 12.9. The van der Waals surface area contributed by atoms with Gasteiger partial charge in [-0.3, -0.25) is 9.69 Å². The summed E-state index contributed by atoms with van der Waals surface area (Å²) in [7, 11) is 3.68. The fraction of sp³-hybridized carbons (Fsp3) is 0.667. The Morgan fingerprint density at radius 3 is 3.10 bits per heavy atom. The highest BCUT2D eigenvalue weighted by Crippen LogP contribution is 2.33. The van der Waals surface area contributed by atoms with Crippen molar-refractivity contribution in [2.24, 2.45) is 5.92 Å². The number of nitrogens with zero attached hydrogens (tertiary/aromatic N) is 2. The Morgan fingerprint density at radius 2 is 2.40 bits per heavy atom. The van der Waals surface area contributed by atoms with Crippen molar-refractivity contribution < 1.29 is 9.53 Å². The fourth-order valence-electron chi connectivity index (χ4n) is 3.38. The molecule has 1 aromatic rings. The molecule has 2 aliphatic heterocycles. The van der Waals surface area contributed by atoms with E-state index < -0.39 is 0 Å². The molecule has 0 spiro atoms. The molecule has 0 aliphatic carbocycles. The minimum absolute atomic E-state index is 0.0734. The van der Waals surface area contributed by atoms with Gasteiger partial charge in [-0.25, -0.2) is 0 Å². The van der Waals surface area contributed by atoms with Crippen molar-refractivity contribution in [3.8, 4) is 0 Å². The van der Waals surface area contributed by atoms with Gasteiger partial charge in [-0.05, 0) is 24.3 Å². The number of carbonyl (C=O) groups excluding carboxylic acids is 1. The van der Waals surface area contributed by atoms with Crippen molar-refractivity contribution >= 4 is 17.2 Å². The average molecular weight is 294 g/mol. The van der Waals surface area contributed by atoms with Crippen LogP contribution in [-0.4, -0.2) is 55.1 Å². The van der Waals surface area contributed by atoms with Crippen molar-refractivity contribution in [3.63, 3.8) is 0 Å². The van der Waals surface area contributed by atoms with E-state index in [1.54, 1.807) is 16.2 Å². The molecule has 2 saturated heterocycles. The molecule has 5 heteroatoms. The highest BCUT2D eigenvalue weighted by Gasteiger charge is 2.42. The lowest BCUT2D eigenvalue weighted by Crippen LogP contribution is -2.52. The standard InChI is InChI=1S/C15H22N2O2S/c1-16(2)15(18)11-8-14-13(5-6-19-14)17(9-11)10-12-4-3-7-20-12/h3-4,7,11,13-14H,5-6,8-10H2,1-2H3/t11-,13+,14+/m0/s1. The van der Waals surface area contributed by atoms with Gasteiger partial charge < -0.3 is 9.64 Å². The average Bonchev–Trinajstić information content (AvgIpc) is 3.07. The maximum Gasteiger partial charge on any atom is 0.226 e. The minimum atomic E-state index is 0.0734. The normalized spacial score (nSPS) is 30.2. The number of thiophene rings is 1. The molecule has 0 bridgehead atoms. The van der Waals surface area contributed by atoms with Crippen LogP contribution >= 0.6 is 11.3 Å². The van der Waals surface area contributed by atoms with Gasteiger partial charge in [0.25, 0.3) is 0 Å². The monoisotopic (exact) mass is 294 g/mol. The summed E-state index contributed by atoms with van der Waals surface area (Å²) >= 11 is 1.79. The number of ether oxygens (including phenoxy) is 1. The third-order valence-corrected chi connectivity index (χ3v) is 5.21. The van der Waals surface area contributed by atoms with E-state index >= 15 is 0 Å². The highest BCUT2D eigenvalue weighted by atomic mass is 32.1. The second-order valence-electron chi connectivity index (χ2n) is 5.94. The molecule has 0 saturated carbocycles. The van der Waals surface area contributed by atoms with Gasteiger partial charge in [0.1, 0.15) is 0 Å². The van der Waals surface area contributed by atoms with Gasteiger partial charge >= 0.3 is 0 Å². The van der Waals surface area contributed by atoms with Crippen molar-refractivity contribution in [2.75, 3.05) is 27.2 Å². The SMILES string of the molecule is CN(C)C(=O)[C@H]1C[C@H]2OCC[C@H]2N(Cc2cccs2)C1.